The van der Waals surface area contributed by atoms with Gasteiger partial charge in [-0.2, -0.15) is 5.10 Å². The molecule has 2 N–H and O–H groups in total. The molecule has 1 aliphatic rings. The zero-order valence-corrected chi connectivity index (χ0v) is 22.7. The lowest BCUT2D eigenvalue weighted by Gasteiger charge is -2.18. The summed E-state index contributed by atoms with van der Waals surface area (Å²) in [5.74, 6) is 1.46. The number of carbonyl (C=O) groups excluding carboxylic acids is 1. The highest BCUT2D eigenvalue weighted by Gasteiger charge is 2.16. The third-order valence-corrected chi connectivity index (χ3v) is 6.27. The molecule has 2 aromatic carbocycles. The highest BCUT2D eigenvalue weighted by Crippen LogP contribution is 2.23. The fourth-order valence-electron chi connectivity index (χ4n) is 4.20. The van der Waals surface area contributed by atoms with E-state index < -0.39 is 0 Å². The Bertz CT molecular complexity index is 1080. The first-order valence-electron chi connectivity index (χ1n) is 12.9. The lowest BCUT2D eigenvalue weighted by molar-refractivity contribution is 0.0977. The summed E-state index contributed by atoms with van der Waals surface area (Å²) >= 11 is 6.20. The molecule has 0 aromatic heterocycles. The Labute approximate surface area is 220 Å². The summed E-state index contributed by atoms with van der Waals surface area (Å²) in [5, 5.41) is 7.98. The number of halogens is 1. The Morgan fingerprint density at radius 1 is 1.17 bits per heavy atom. The molecular weight excluding hydrogens is 472 g/mol. The van der Waals surface area contributed by atoms with E-state index in [0.29, 0.717) is 35.5 Å². The number of hydrazone groups is 1. The van der Waals surface area contributed by atoms with Crippen LogP contribution >= 0.6 is 11.6 Å². The first kappa shape index (κ1) is 27.8. The minimum atomic E-state index is -0.171. The highest BCUT2D eigenvalue weighted by atomic mass is 35.5. The number of amidine groups is 1. The zero-order valence-electron chi connectivity index (χ0n) is 21.9. The van der Waals surface area contributed by atoms with Crippen LogP contribution < -0.4 is 15.5 Å². The van der Waals surface area contributed by atoms with Crippen molar-refractivity contribution in [1.82, 2.24) is 15.6 Å². The SMILES string of the molecule is C/C=C/C(=N\NCc1cc(Cl)ccc1OCC(C)C)NC(=O)c1ccc2c(c1)CCN(CCC)CC2. The molecule has 0 saturated carbocycles. The summed E-state index contributed by atoms with van der Waals surface area (Å²) in [4.78, 5) is 15.5. The first-order chi connectivity index (χ1) is 17.4. The summed E-state index contributed by atoms with van der Waals surface area (Å²) in [5.41, 5.74) is 7.20. The Kier molecular flexibility index (Phi) is 10.8. The zero-order chi connectivity index (χ0) is 25.9. The van der Waals surface area contributed by atoms with Crippen LogP contribution in [0.25, 0.3) is 0 Å². The molecular formula is C29H39ClN4O2. The quantitative estimate of drug-likeness (QED) is 0.248. The van der Waals surface area contributed by atoms with Gasteiger partial charge in [0.25, 0.3) is 5.91 Å². The molecule has 0 unspecified atom stereocenters. The predicted molar refractivity (Wildman–Crippen MR) is 149 cm³/mol. The Balaban J connectivity index is 1.66. The van der Waals surface area contributed by atoms with E-state index in [1.807, 2.05) is 43.3 Å². The standard InChI is InChI=1S/C29H39ClN4O2/c1-5-7-28(33-31-19-25-18-26(30)10-11-27(25)36-20-21(3)4)32-29(35)24-9-8-22-12-15-34(14-6-2)16-13-23(22)17-24/h5,7-11,17-18,21,31H,6,12-16,19-20H2,1-4H3,(H,32,33,35)/b7-5+. The Hall–Kier alpha value is -2.83. The number of allylic oxidation sites excluding steroid dienone is 1. The van der Waals surface area contributed by atoms with E-state index in [1.54, 1.807) is 6.08 Å². The van der Waals surface area contributed by atoms with E-state index in [4.69, 9.17) is 16.3 Å². The van der Waals surface area contributed by atoms with Crippen molar-refractivity contribution in [3.63, 3.8) is 0 Å². The largest absolute Gasteiger partial charge is 0.493 e. The van der Waals surface area contributed by atoms with Gasteiger partial charge >= 0.3 is 0 Å². The van der Waals surface area contributed by atoms with Crippen LogP contribution in [-0.2, 0) is 19.4 Å². The fraction of sp³-hybridized carbons (Fsp3) is 0.448. The molecule has 3 rings (SSSR count). The van der Waals surface area contributed by atoms with Crippen LogP contribution in [0.3, 0.4) is 0 Å². The van der Waals surface area contributed by atoms with Gasteiger partial charge in [-0.3, -0.25) is 4.79 Å². The molecule has 1 heterocycles. The van der Waals surface area contributed by atoms with E-state index in [0.717, 1.165) is 50.2 Å². The first-order valence-corrected chi connectivity index (χ1v) is 13.3. The lowest BCUT2D eigenvalue weighted by atomic mass is 10.00. The van der Waals surface area contributed by atoms with Crippen LogP contribution in [0.1, 0.15) is 61.2 Å². The highest BCUT2D eigenvalue weighted by molar-refractivity contribution is 6.30. The number of rotatable bonds is 10. The molecule has 6 nitrogen and oxygen atoms in total. The molecule has 7 heteroatoms. The van der Waals surface area contributed by atoms with Crippen molar-refractivity contribution in [2.45, 2.75) is 53.5 Å². The number of nitrogens with one attached hydrogen (secondary N) is 2. The molecule has 0 aliphatic carbocycles. The Morgan fingerprint density at radius 2 is 1.94 bits per heavy atom. The minimum absolute atomic E-state index is 0.171. The summed E-state index contributed by atoms with van der Waals surface area (Å²) in [6.45, 7) is 12.6. The van der Waals surface area contributed by atoms with Crippen molar-refractivity contribution in [3.05, 3.63) is 75.8 Å². The van der Waals surface area contributed by atoms with Gasteiger partial charge < -0.3 is 20.4 Å². The second-order valence-electron chi connectivity index (χ2n) is 9.57. The van der Waals surface area contributed by atoms with Gasteiger partial charge in [0.2, 0.25) is 0 Å². The summed E-state index contributed by atoms with van der Waals surface area (Å²) in [6, 6.07) is 11.6. The second-order valence-corrected chi connectivity index (χ2v) is 10.0. The fourth-order valence-corrected chi connectivity index (χ4v) is 4.39. The molecule has 0 atom stereocenters. The van der Waals surface area contributed by atoms with E-state index in [2.05, 4.69) is 47.6 Å². The summed E-state index contributed by atoms with van der Waals surface area (Å²) in [6.07, 6.45) is 6.77. The van der Waals surface area contributed by atoms with Crippen molar-refractivity contribution < 1.29 is 9.53 Å². The average molecular weight is 511 g/mol. The smallest absolute Gasteiger partial charge is 0.256 e. The monoisotopic (exact) mass is 510 g/mol. The number of amides is 1. The van der Waals surface area contributed by atoms with Crippen LogP contribution in [0, 0.1) is 5.92 Å². The van der Waals surface area contributed by atoms with Gasteiger partial charge in [0.05, 0.1) is 13.2 Å². The molecule has 2 aromatic rings. The Morgan fingerprint density at radius 3 is 2.67 bits per heavy atom. The number of fused-ring (bicyclic) bond motifs is 1. The topological polar surface area (TPSA) is 66.0 Å². The van der Waals surface area contributed by atoms with E-state index in [-0.39, 0.29) is 5.91 Å². The molecule has 0 saturated heterocycles. The van der Waals surface area contributed by atoms with Gasteiger partial charge in [0, 0.05) is 29.2 Å². The van der Waals surface area contributed by atoms with E-state index >= 15 is 0 Å². The number of hydrogen-bond donors (Lipinski definition) is 2. The molecule has 1 amide bonds. The van der Waals surface area contributed by atoms with Crippen molar-refractivity contribution in [2.75, 3.05) is 26.2 Å². The number of benzene rings is 2. The van der Waals surface area contributed by atoms with Gasteiger partial charge in [-0.25, -0.2) is 0 Å². The molecule has 0 spiro atoms. The maximum atomic E-state index is 13.0. The predicted octanol–water partition coefficient (Wildman–Crippen LogP) is 5.59. The van der Waals surface area contributed by atoms with Crippen LogP contribution in [0.5, 0.6) is 5.75 Å². The van der Waals surface area contributed by atoms with Gasteiger partial charge in [0.1, 0.15) is 5.75 Å². The summed E-state index contributed by atoms with van der Waals surface area (Å²) in [7, 11) is 0. The molecule has 1 aliphatic heterocycles. The normalized spacial score (nSPS) is 14.6. The van der Waals surface area contributed by atoms with Crippen molar-refractivity contribution >= 4 is 23.3 Å². The number of ether oxygens (including phenoxy) is 1. The maximum Gasteiger partial charge on any atom is 0.256 e. The molecule has 0 fully saturated rings. The van der Waals surface area contributed by atoms with E-state index in [1.165, 1.54) is 11.1 Å². The molecule has 0 radical (unpaired) electrons. The van der Waals surface area contributed by atoms with Crippen LogP contribution in [-0.4, -0.2) is 42.9 Å². The molecule has 0 bridgehead atoms. The van der Waals surface area contributed by atoms with Crippen LogP contribution in [0.2, 0.25) is 5.02 Å². The third kappa shape index (κ3) is 8.38. The summed E-state index contributed by atoms with van der Waals surface area (Å²) < 4.78 is 5.92. The molecule has 36 heavy (non-hydrogen) atoms. The van der Waals surface area contributed by atoms with Crippen LogP contribution in [0.15, 0.2) is 53.7 Å². The van der Waals surface area contributed by atoms with Gasteiger partial charge in [-0.15, -0.1) is 0 Å². The lowest BCUT2D eigenvalue weighted by Crippen LogP contribution is -2.31. The van der Waals surface area contributed by atoms with Crippen molar-refractivity contribution in [1.29, 1.82) is 0 Å². The second kappa shape index (κ2) is 14.0. The number of carbonyl (C=O) groups is 1. The van der Waals surface area contributed by atoms with Crippen molar-refractivity contribution in [3.8, 4) is 5.75 Å². The minimum Gasteiger partial charge on any atom is -0.493 e. The number of nitrogens with zero attached hydrogens (tertiary/aromatic N) is 2. The van der Waals surface area contributed by atoms with Gasteiger partial charge in [-0.05, 0) is 86.2 Å². The van der Waals surface area contributed by atoms with E-state index in [9.17, 15) is 4.79 Å². The van der Waals surface area contributed by atoms with Crippen LogP contribution in [0.4, 0.5) is 0 Å². The average Bonchev–Trinajstić information content (AvgIpc) is 3.05. The number of hydrogen-bond acceptors (Lipinski definition) is 5. The third-order valence-electron chi connectivity index (χ3n) is 6.03. The van der Waals surface area contributed by atoms with Gasteiger partial charge in [-0.1, -0.05) is 44.5 Å². The maximum absolute atomic E-state index is 13.0. The molecule has 194 valence electrons. The van der Waals surface area contributed by atoms with Crippen molar-refractivity contribution in [2.24, 2.45) is 11.0 Å². The van der Waals surface area contributed by atoms with Gasteiger partial charge in [0.15, 0.2) is 5.84 Å².